The second-order valence-corrected chi connectivity index (χ2v) is 7.73. The number of carbonyl (C=O) groups is 1. The Hall–Kier alpha value is -2.01. The predicted molar refractivity (Wildman–Crippen MR) is 105 cm³/mol. The van der Waals surface area contributed by atoms with E-state index in [2.05, 4.69) is 27.3 Å². The summed E-state index contributed by atoms with van der Waals surface area (Å²) in [6, 6.07) is 16.6. The Bertz CT molecular complexity index is 657. The fraction of sp³-hybridized carbons (Fsp3) is 0.400. The Morgan fingerprint density at radius 3 is 2.60 bits per heavy atom. The molecule has 3 rings (SSSR count). The molecule has 132 valence electrons. The summed E-state index contributed by atoms with van der Waals surface area (Å²) in [6.07, 6.45) is 3.77. The van der Waals surface area contributed by atoms with Gasteiger partial charge in [0.15, 0.2) is 0 Å². The molecule has 0 unspecified atom stereocenters. The molecule has 25 heavy (non-hydrogen) atoms. The van der Waals surface area contributed by atoms with E-state index in [1.165, 1.54) is 5.56 Å². The Morgan fingerprint density at radius 1 is 1.20 bits per heavy atom. The van der Waals surface area contributed by atoms with Gasteiger partial charge in [-0.2, -0.15) is 0 Å². The third-order valence-electron chi connectivity index (χ3n) is 4.53. The summed E-state index contributed by atoms with van der Waals surface area (Å²) >= 11 is 1.69. The average Bonchev–Trinajstić information content (AvgIpc) is 2.68. The molecule has 2 heterocycles. The summed E-state index contributed by atoms with van der Waals surface area (Å²) in [5.74, 6) is 2.05. The van der Waals surface area contributed by atoms with Crippen LogP contribution in [0.4, 0.5) is 5.82 Å². The number of carbonyl (C=O) groups excluding carboxylic acids is 1. The molecule has 0 saturated carbocycles. The number of nitrogens with one attached hydrogen (secondary N) is 1. The Labute approximate surface area is 154 Å². The molecule has 1 aliphatic rings. The van der Waals surface area contributed by atoms with Crippen LogP contribution in [0.1, 0.15) is 25.3 Å². The fourth-order valence-electron chi connectivity index (χ4n) is 2.98. The van der Waals surface area contributed by atoms with Crippen LogP contribution in [-0.2, 0) is 10.5 Å². The molecule has 0 aliphatic carbocycles. The summed E-state index contributed by atoms with van der Waals surface area (Å²) in [4.78, 5) is 19.1. The minimum Gasteiger partial charge on any atom is -0.356 e. The highest BCUT2D eigenvalue weighted by Crippen LogP contribution is 2.20. The van der Waals surface area contributed by atoms with Crippen LogP contribution in [0.3, 0.4) is 0 Å². The normalized spacial score (nSPS) is 16.4. The van der Waals surface area contributed by atoms with Crippen LogP contribution >= 0.6 is 11.8 Å². The van der Waals surface area contributed by atoms with Crippen molar-refractivity contribution in [1.29, 1.82) is 0 Å². The van der Waals surface area contributed by atoms with Gasteiger partial charge in [-0.05, 0) is 37.5 Å². The molecule has 1 saturated heterocycles. The van der Waals surface area contributed by atoms with E-state index in [4.69, 9.17) is 0 Å². The molecule has 1 aromatic heterocycles. The summed E-state index contributed by atoms with van der Waals surface area (Å²) in [7, 11) is 0. The Balaban J connectivity index is 1.41. The zero-order valence-electron chi connectivity index (χ0n) is 14.6. The lowest BCUT2D eigenvalue weighted by atomic mass is 10.0. The summed E-state index contributed by atoms with van der Waals surface area (Å²) in [6.45, 7) is 3.87. The fourth-order valence-corrected chi connectivity index (χ4v) is 3.84. The van der Waals surface area contributed by atoms with Gasteiger partial charge in [0.25, 0.3) is 0 Å². The van der Waals surface area contributed by atoms with Gasteiger partial charge in [-0.15, -0.1) is 11.8 Å². The van der Waals surface area contributed by atoms with Crippen molar-refractivity contribution in [2.24, 2.45) is 0 Å². The van der Waals surface area contributed by atoms with E-state index in [1.807, 2.05) is 49.5 Å². The maximum Gasteiger partial charge on any atom is 0.233 e. The van der Waals surface area contributed by atoms with Gasteiger partial charge < -0.3 is 10.2 Å². The predicted octanol–water partition coefficient (Wildman–Crippen LogP) is 3.49. The van der Waals surface area contributed by atoms with Crippen molar-refractivity contribution in [3.05, 3.63) is 60.3 Å². The van der Waals surface area contributed by atoms with Gasteiger partial charge in [-0.3, -0.25) is 4.79 Å². The third-order valence-corrected chi connectivity index (χ3v) is 5.74. The number of rotatable bonds is 6. The number of hydrogen-bond donors (Lipinski definition) is 1. The lowest BCUT2D eigenvalue weighted by Crippen LogP contribution is -2.46. The zero-order valence-corrected chi connectivity index (χ0v) is 15.4. The number of piperidine rings is 1. The first-order valence-electron chi connectivity index (χ1n) is 8.84. The summed E-state index contributed by atoms with van der Waals surface area (Å²) in [5, 5.41) is 3.19. The van der Waals surface area contributed by atoms with Crippen LogP contribution in [0.5, 0.6) is 0 Å². The van der Waals surface area contributed by atoms with Gasteiger partial charge in [-0.25, -0.2) is 4.98 Å². The van der Waals surface area contributed by atoms with Crippen molar-refractivity contribution in [2.45, 2.75) is 36.8 Å². The van der Waals surface area contributed by atoms with Crippen molar-refractivity contribution >= 4 is 23.5 Å². The van der Waals surface area contributed by atoms with Crippen molar-refractivity contribution in [3.63, 3.8) is 0 Å². The quantitative estimate of drug-likeness (QED) is 0.862. The second kappa shape index (κ2) is 8.90. The molecule has 1 N–H and O–H groups in total. The molecule has 1 atom stereocenters. The smallest absolute Gasteiger partial charge is 0.233 e. The highest BCUT2D eigenvalue weighted by Gasteiger charge is 2.23. The minimum atomic E-state index is -0.0333. The lowest BCUT2D eigenvalue weighted by molar-refractivity contribution is -0.121. The van der Waals surface area contributed by atoms with Gasteiger partial charge in [0, 0.05) is 31.1 Å². The molecule has 1 amide bonds. The molecule has 0 bridgehead atoms. The number of amides is 1. The monoisotopic (exact) mass is 355 g/mol. The molecular weight excluding hydrogens is 330 g/mol. The number of nitrogens with zero attached hydrogens (tertiary/aromatic N) is 2. The van der Waals surface area contributed by atoms with Crippen LogP contribution in [0.15, 0.2) is 54.7 Å². The highest BCUT2D eigenvalue weighted by atomic mass is 32.2. The number of aromatic nitrogens is 1. The number of thioether (sulfide) groups is 1. The maximum atomic E-state index is 12.4. The van der Waals surface area contributed by atoms with E-state index >= 15 is 0 Å². The highest BCUT2D eigenvalue weighted by molar-refractivity contribution is 7.99. The minimum absolute atomic E-state index is 0.0333. The molecule has 0 spiro atoms. The molecule has 4 nitrogen and oxygen atoms in total. The van der Waals surface area contributed by atoms with Gasteiger partial charge >= 0.3 is 0 Å². The molecule has 1 aromatic carbocycles. The van der Waals surface area contributed by atoms with E-state index in [9.17, 15) is 4.79 Å². The zero-order chi connectivity index (χ0) is 17.5. The molecule has 2 aromatic rings. The van der Waals surface area contributed by atoms with E-state index < -0.39 is 0 Å². The second-order valence-electron chi connectivity index (χ2n) is 6.40. The standard InChI is InChI=1S/C20H25N3OS/c1-16(25-15-17-7-3-2-4-8-17)20(24)22-18-10-13-23(14-11-18)19-9-5-6-12-21-19/h2-9,12,16,18H,10-11,13-15H2,1H3,(H,22,24)/t16-/m1/s1. The first kappa shape index (κ1) is 17.8. The summed E-state index contributed by atoms with van der Waals surface area (Å²) in [5.41, 5.74) is 1.26. The van der Waals surface area contributed by atoms with Gasteiger partial charge in [-0.1, -0.05) is 36.4 Å². The van der Waals surface area contributed by atoms with Gasteiger partial charge in [0.2, 0.25) is 5.91 Å². The van der Waals surface area contributed by atoms with E-state index in [1.54, 1.807) is 11.8 Å². The molecule has 1 fully saturated rings. The van der Waals surface area contributed by atoms with E-state index in [0.717, 1.165) is 37.5 Å². The lowest BCUT2D eigenvalue weighted by Gasteiger charge is -2.33. The van der Waals surface area contributed by atoms with Gasteiger partial charge in [0.1, 0.15) is 5.82 Å². The number of anilines is 1. The Morgan fingerprint density at radius 2 is 1.92 bits per heavy atom. The average molecular weight is 356 g/mol. The third kappa shape index (κ3) is 5.23. The number of pyridine rings is 1. The topological polar surface area (TPSA) is 45.2 Å². The van der Waals surface area contributed by atoms with Gasteiger partial charge in [0.05, 0.1) is 5.25 Å². The van der Waals surface area contributed by atoms with E-state index in [0.29, 0.717) is 0 Å². The maximum absolute atomic E-state index is 12.4. The van der Waals surface area contributed by atoms with Crippen molar-refractivity contribution in [1.82, 2.24) is 10.3 Å². The van der Waals surface area contributed by atoms with Crippen LogP contribution < -0.4 is 10.2 Å². The molecule has 1 aliphatic heterocycles. The molecular formula is C20H25N3OS. The SMILES string of the molecule is C[C@@H](SCc1ccccc1)C(=O)NC1CCN(c2ccccn2)CC1. The van der Waals surface area contributed by atoms with Crippen molar-refractivity contribution in [3.8, 4) is 0 Å². The number of benzene rings is 1. The van der Waals surface area contributed by atoms with Crippen LogP contribution in [0.2, 0.25) is 0 Å². The van der Waals surface area contributed by atoms with Crippen LogP contribution in [0.25, 0.3) is 0 Å². The van der Waals surface area contributed by atoms with E-state index in [-0.39, 0.29) is 17.2 Å². The number of hydrogen-bond acceptors (Lipinski definition) is 4. The Kier molecular flexibility index (Phi) is 6.34. The van der Waals surface area contributed by atoms with Crippen LogP contribution in [-0.4, -0.2) is 35.3 Å². The van der Waals surface area contributed by atoms with Crippen LogP contribution in [0, 0.1) is 0 Å². The molecule has 5 heteroatoms. The largest absolute Gasteiger partial charge is 0.356 e. The first-order valence-corrected chi connectivity index (χ1v) is 9.89. The van der Waals surface area contributed by atoms with Crippen molar-refractivity contribution in [2.75, 3.05) is 18.0 Å². The molecule has 0 radical (unpaired) electrons. The van der Waals surface area contributed by atoms with Crippen molar-refractivity contribution < 1.29 is 4.79 Å². The summed E-state index contributed by atoms with van der Waals surface area (Å²) < 4.78 is 0. The first-order chi connectivity index (χ1) is 12.2.